The highest BCUT2D eigenvalue weighted by Crippen LogP contribution is 2.30. The predicted molar refractivity (Wildman–Crippen MR) is 139 cm³/mol. The molecule has 188 valence electrons. The molecule has 1 heterocycles. The average Bonchev–Trinajstić information content (AvgIpc) is 2.88. The van der Waals surface area contributed by atoms with Crippen LogP contribution in [0.3, 0.4) is 0 Å². The van der Waals surface area contributed by atoms with Crippen LogP contribution in [0.25, 0.3) is 10.9 Å². The summed E-state index contributed by atoms with van der Waals surface area (Å²) in [6, 6.07) is 13.6. The molecule has 1 fully saturated rings. The molecule has 0 spiro atoms. The minimum Gasteiger partial charge on any atom is -0.356 e. The molecule has 3 aromatic rings. The minimum absolute atomic E-state index is 0.249. The maximum Gasteiger partial charge on any atom is 0.243 e. The first-order valence-electron chi connectivity index (χ1n) is 12.4. The third-order valence-corrected chi connectivity index (χ3v) is 8.31. The number of nitrogens with zero attached hydrogens (tertiary/aromatic N) is 3. The van der Waals surface area contributed by atoms with Gasteiger partial charge in [-0.3, -0.25) is 0 Å². The normalized spacial score (nSPS) is 18.5. The number of halogens is 1. The third-order valence-electron chi connectivity index (χ3n) is 6.85. The third kappa shape index (κ3) is 6.08. The van der Waals surface area contributed by atoms with Crippen LogP contribution in [0.2, 0.25) is 0 Å². The van der Waals surface area contributed by atoms with Gasteiger partial charge in [-0.1, -0.05) is 24.3 Å². The molecule has 2 aromatic carbocycles. The highest BCUT2D eigenvalue weighted by Gasteiger charge is 2.25. The highest BCUT2D eigenvalue weighted by atomic mass is 32.2. The monoisotopic (exact) mass is 499 g/mol. The SMILES string of the molecule is CCN(CC)c1nc(NC[C@H]2CC[C@H](CNS(=O)(=O)c3ccccc3F)CC2)nc2ccccc12. The van der Waals surface area contributed by atoms with E-state index in [1.54, 1.807) is 0 Å². The Balaban J connectivity index is 1.32. The van der Waals surface area contributed by atoms with Crippen molar-refractivity contribution in [1.29, 1.82) is 0 Å². The van der Waals surface area contributed by atoms with Crippen molar-refractivity contribution in [2.75, 3.05) is 36.4 Å². The number of fused-ring (bicyclic) bond motifs is 1. The molecule has 7 nitrogen and oxygen atoms in total. The van der Waals surface area contributed by atoms with Crippen molar-refractivity contribution in [3.63, 3.8) is 0 Å². The molecule has 0 unspecified atom stereocenters. The second kappa shape index (κ2) is 11.3. The van der Waals surface area contributed by atoms with E-state index in [1.165, 1.54) is 18.2 Å². The molecule has 0 aliphatic heterocycles. The second-order valence-electron chi connectivity index (χ2n) is 9.11. The van der Waals surface area contributed by atoms with E-state index >= 15 is 0 Å². The Morgan fingerprint density at radius 1 is 0.914 bits per heavy atom. The van der Waals surface area contributed by atoms with Crippen LogP contribution in [-0.2, 0) is 10.0 Å². The fourth-order valence-electron chi connectivity index (χ4n) is 4.75. The summed E-state index contributed by atoms with van der Waals surface area (Å²) in [5.41, 5.74) is 0.928. The number of aromatic nitrogens is 2. The second-order valence-corrected chi connectivity index (χ2v) is 10.8. The van der Waals surface area contributed by atoms with E-state index in [2.05, 4.69) is 34.9 Å². The van der Waals surface area contributed by atoms with Gasteiger partial charge in [0.2, 0.25) is 16.0 Å². The predicted octanol–water partition coefficient (Wildman–Crippen LogP) is 4.81. The van der Waals surface area contributed by atoms with E-state index < -0.39 is 15.8 Å². The maximum absolute atomic E-state index is 13.9. The lowest BCUT2D eigenvalue weighted by Crippen LogP contribution is -2.32. The zero-order valence-electron chi connectivity index (χ0n) is 20.4. The molecule has 0 radical (unpaired) electrons. The Kier molecular flexibility index (Phi) is 8.18. The number of rotatable bonds is 10. The van der Waals surface area contributed by atoms with Crippen molar-refractivity contribution >= 4 is 32.7 Å². The van der Waals surface area contributed by atoms with Gasteiger partial charge in [0.1, 0.15) is 16.5 Å². The van der Waals surface area contributed by atoms with Gasteiger partial charge in [0, 0.05) is 31.6 Å². The Morgan fingerprint density at radius 2 is 1.54 bits per heavy atom. The van der Waals surface area contributed by atoms with Crippen molar-refractivity contribution < 1.29 is 12.8 Å². The smallest absolute Gasteiger partial charge is 0.243 e. The summed E-state index contributed by atoms with van der Waals surface area (Å²) < 4.78 is 41.4. The maximum atomic E-state index is 13.9. The van der Waals surface area contributed by atoms with Crippen LogP contribution in [0.1, 0.15) is 39.5 Å². The first kappa shape index (κ1) is 25.3. The van der Waals surface area contributed by atoms with Gasteiger partial charge < -0.3 is 10.2 Å². The molecule has 1 aromatic heterocycles. The molecular formula is C26H34FN5O2S. The Labute approximate surface area is 207 Å². The summed E-state index contributed by atoms with van der Waals surface area (Å²) in [5.74, 6) is 1.59. The Morgan fingerprint density at radius 3 is 2.23 bits per heavy atom. The zero-order valence-corrected chi connectivity index (χ0v) is 21.2. The van der Waals surface area contributed by atoms with Crippen molar-refractivity contribution in [3.05, 3.63) is 54.3 Å². The van der Waals surface area contributed by atoms with Gasteiger partial charge in [-0.25, -0.2) is 22.5 Å². The molecule has 1 saturated carbocycles. The van der Waals surface area contributed by atoms with Crippen molar-refractivity contribution in [3.8, 4) is 0 Å². The van der Waals surface area contributed by atoms with E-state index in [0.717, 1.165) is 68.1 Å². The standard InChI is InChI=1S/C26H34FN5O2S/c1-3-32(4-2)25-21-9-5-7-11-23(21)30-26(31-25)28-17-19-13-15-20(16-14-19)18-29-35(33,34)24-12-8-6-10-22(24)27/h5-12,19-20,29H,3-4,13-18H2,1-2H3,(H,28,30,31)/t19-,20-. The van der Waals surface area contributed by atoms with Crippen LogP contribution < -0.4 is 14.9 Å². The molecule has 0 bridgehead atoms. The molecule has 1 aliphatic rings. The van der Waals surface area contributed by atoms with Crippen LogP contribution in [0.4, 0.5) is 16.2 Å². The number of anilines is 2. The topological polar surface area (TPSA) is 87.2 Å². The Bertz CT molecular complexity index is 1240. The number of hydrogen-bond acceptors (Lipinski definition) is 6. The number of para-hydroxylation sites is 1. The van der Waals surface area contributed by atoms with Gasteiger partial charge in [0.05, 0.1) is 5.52 Å². The summed E-state index contributed by atoms with van der Waals surface area (Å²) >= 11 is 0. The lowest BCUT2D eigenvalue weighted by atomic mass is 9.82. The van der Waals surface area contributed by atoms with Gasteiger partial charge in [0.25, 0.3) is 0 Å². The van der Waals surface area contributed by atoms with Crippen LogP contribution in [0.15, 0.2) is 53.4 Å². The van der Waals surface area contributed by atoms with Crippen molar-refractivity contribution in [1.82, 2.24) is 14.7 Å². The number of benzene rings is 2. The van der Waals surface area contributed by atoms with Crippen LogP contribution in [-0.4, -0.2) is 44.6 Å². The van der Waals surface area contributed by atoms with E-state index in [9.17, 15) is 12.8 Å². The summed E-state index contributed by atoms with van der Waals surface area (Å²) in [4.78, 5) is 11.5. The van der Waals surface area contributed by atoms with Crippen LogP contribution in [0.5, 0.6) is 0 Å². The lowest BCUT2D eigenvalue weighted by molar-refractivity contribution is 0.284. The lowest BCUT2D eigenvalue weighted by Gasteiger charge is -2.29. The minimum atomic E-state index is -3.84. The van der Waals surface area contributed by atoms with E-state index in [-0.39, 0.29) is 10.8 Å². The van der Waals surface area contributed by atoms with E-state index in [4.69, 9.17) is 9.97 Å². The van der Waals surface area contributed by atoms with Gasteiger partial charge in [-0.15, -0.1) is 0 Å². The van der Waals surface area contributed by atoms with Gasteiger partial charge in [-0.2, -0.15) is 4.98 Å². The number of hydrogen-bond donors (Lipinski definition) is 2. The first-order valence-corrected chi connectivity index (χ1v) is 13.9. The first-order chi connectivity index (χ1) is 16.9. The van der Waals surface area contributed by atoms with Gasteiger partial charge in [0.15, 0.2) is 0 Å². The largest absolute Gasteiger partial charge is 0.356 e. The van der Waals surface area contributed by atoms with Crippen molar-refractivity contribution in [2.45, 2.75) is 44.4 Å². The van der Waals surface area contributed by atoms with Gasteiger partial charge >= 0.3 is 0 Å². The van der Waals surface area contributed by atoms with Gasteiger partial charge in [-0.05, 0) is 75.6 Å². The zero-order chi connectivity index (χ0) is 24.8. The number of nitrogens with one attached hydrogen (secondary N) is 2. The van der Waals surface area contributed by atoms with Crippen molar-refractivity contribution in [2.24, 2.45) is 11.8 Å². The molecule has 4 rings (SSSR count). The molecule has 9 heteroatoms. The molecule has 0 amide bonds. The van der Waals surface area contributed by atoms with E-state index in [0.29, 0.717) is 18.4 Å². The quantitative estimate of drug-likeness (QED) is 0.416. The molecule has 0 saturated heterocycles. The fraction of sp³-hybridized carbons (Fsp3) is 0.462. The fourth-order valence-corrected chi connectivity index (χ4v) is 5.94. The summed E-state index contributed by atoms with van der Waals surface area (Å²) in [5, 5.41) is 4.50. The number of sulfonamides is 1. The molecule has 2 N–H and O–H groups in total. The summed E-state index contributed by atoms with van der Waals surface area (Å²) in [6.45, 7) is 7.12. The summed E-state index contributed by atoms with van der Waals surface area (Å²) in [7, 11) is -3.84. The molecule has 1 aliphatic carbocycles. The van der Waals surface area contributed by atoms with E-state index in [1.807, 2.05) is 18.2 Å². The summed E-state index contributed by atoms with van der Waals surface area (Å²) in [6.07, 6.45) is 3.84. The molecule has 0 atom stereocenters. The molecular weight excluding hydrogens is 465 g/mol. The average molecular weight is 500 g/mol. The van der Waals surface area contributed by atoms with Crippen LogP contribution >= 0.6 is 0 Å². The Hall–Kier alpha value is -2.78. The highest BCUT2D eigenvalue weighted by molar-refractivity contribution is 7.89. The van der Waals surface area contributed by atoms with Crippen LogP contribution in [0, 0.1) is 17.7 Å². The molecule has 35 heavy (non-hydrogen) atoms.